The number of benzene rings is 1. The van der Waals surface area contributed by atoms with Crippen LogP contribution in [0.5, 0.6) is 0 Å². The molecule has 1 heterocycles. The van der Waals surface area contributed by atoms with E-state index in [9.17, 15) is 8.42 Å². The lowest BCUT2D eigenvalue weighted by atomic mass is 10.1. The lowest BCUT2D eigenvalue weighted by molar-refractivity contribution is 0.481. The lowest BCUT2D eigenvalue weighted by Gasteiger charge is -1.96. The normalized spacial score (nSPS) is 12.2. The number of aryl methyl sites for hydroxylation is 1. The van der Waals surface area contributed by atoms with Crippen molar-refractivity contribution in [1.29, 1.82) is 0 Å². The van der Waals surface area contributed by atoms with Crippen molar-refractivity contribution in [2.75, 3.05) is 0 Å². The third-order valence-corrected chi connectivity index (χ3v) is 3.81. The van der Waals surface area contributed by atoms with Crippen LogP contribution in [-0.2, 0) is 15.5 Å². The van der Waals surface area contributed by atoms with E-state index in [1.807, 2.05) is 6.92 Å². The fraction of sp³-hybridized carbons (Fsp3) is 0.200. The van der Waals surface area contributed by atoms with Gasteiger partial charge in [-0.15, -0.1) is 0 Å². The van der Waals surface area contributed by atoms with Gasteiger partial charge in [0.1, 0.15) is 5.58 Å². The molecule has 0 unspecified atom stereocenters. The number of fused-ring (bicyclic) bond motifs is 1. The highest BCUT2D eigenvalue weighted by Crippen LogP contribution is 2.35. The molecule has 0 aliphatic carbocycles. The molecular formula is C10H8Cl2O3S. The Bertz CT molecular complexity index is 643. The first-order valence-corrected chi connectivity index (χ1v) is 7.28. The van der Waals surface area contributed by atoms with Crippen molar-refractivity contribution in [1.82, 2.24) is 0 Å². The highest BCUT2D eigenvalue weighted by Gasteiger charge is 2.24. The van der Waals surface area contributed by atoms with E-state index in [1.54, 1.807) is 18.2 Å². The number of rotatable bonds is 2. The smallest absolute Gasteiger partial charge is 0.294 e. The van der Waals surface area contributed by atoms with Crippen molar-refractivity contribution in [2.45, 2.75) is 18.4 Å². The summed E-state index contributed by atoms with van der Waals surface area (Å²) in [5, 5.41) is 0.871. The molecule has 6 heteroatoms. The third-order valence-electron chi connectivity index (χ3n) is 2.30. The Kier molecular flexibility index (Phi) is 2.90. The van der Waals surface area contributed by atoms with Crippen LogP contribution < -0.4 is 0 Å². The zero-order valence-electron chi connectivity index (χ0n) is 8.33. The van der Waals surface area contributed by atoms with Gasteiger partial charge in [-0.3, -0.25) is 0 Å². The van der Waals surface area contributed by atoms with Crippen LogP contribution in [0.1, 0.15) is 12.5 Å². The second-order valence-corrected chi connectivity index (χ2v) is 6.14. The summed E-state index contributed by atoms with van der Waals surface area (Å²) in [4.78, 5) is 0. The molecule has 0 bridgehead atoms. The summed E-state index contributed by atoms with van der Waals surface area (Å²) in [5.74, 6) is 0. The first-order chi connectivity index (χ1) is 7.45. The second kappa shape index (κ2) is 3.95. The molecule has 3 nitrogen and oxygen atoms in total. The molecule has 1 aromatic heterocycles. The molecule has 86 valence electrons. The molecule has 0 fully saturated rings. The Hall–Kier alpha value is -0.710. The van der Waals surface area contributed by atoms with Crippen molar-refractivity contribution in [2.24, 2.45) is 0 Å². The largest absolute Gasteiger partial charge is 0.443 e. The van der Waals surface area contributed by atoms with Crippen LogP contribution in [0.15, 0.2) is 27.7 Å². The third kappa shape index (κ3) is 1.81. The predicted octanol–water partition coefficient (Wildman–Crippen LogP) is 3.58. The molecule has 0 saturated carbocycles. The minimum atomic E-state index is -3.88. The predicted molar refractivity (Wildman–Crippen MR) is 63.6 cm³/mol. The Labute approximate surface area is 102 Å². The topological polar surface area (TPSA) is 47.3 Å². The van der Waals surface area contributed by atoms with Gasteiger partial charge in [0, 0.05) is 21.6 Å². The van der Waals surface area contributed by atoms with Gasteiger partial charge in [0.05, 0.1) is 5.02 Å². The lowest BCUT2D eigenvalue weighted by Crippen LogP contribution is -1.92. The fourth-order valence-corrected chi connectivity index (χ4v) is 3.05. The standard InChI is InChI=1S/C10H8Cl2O3S/c1-2-6-9-7(11)4-3-5-8(9)15-10(6)16(12,13)14/h3-5H,2H2,1H3. The molecule has 2 rings (SSSR count). The molecule has 1 aromatic carbocycles. The molecule has 0 radical (unpaired) electrons. The minimum absolute atomic E-state index is 0.209. The Balaban J connectivity index is 2.94. The van der Waals surface area contributed by atoms with Crippen LogP contribution in [0.4, 0.5) is 0 Å². The molecule has 0 N–H and O–H groups in total. The van der Waals surface area contributed by atoms with Crippen LogP contribution in [-0.4, -0.2) is 8.42 Å². The average molecular weight is 279 g/mol. The van der Waals surface area contributed by atoms with Crippen molar-refractivity contribution < 1.29 is 12.8 Å². The van der Waals surface area contributed by atoms with E-state index in [2.05, 4.69) is 0 Å². The molecule has 16 heavy (non-hydrogen) atoms. The summed E-state index contributed by atoms with van der Waals surface area (Å²) >= 11 is 6.01. The van der Waals surface area contributed by atoms with Crippen LogP contribution in [0, 0.1) is 0 Å². The van der Waals surface area contributed by atoms with Gasteiger partial charge in [-0.25, -0.2) is 8.42 Å². The number of halogens is 2. The van der Waals surface area contributed by atoms with Crippen molar-refractivity contribution in [3.05, 3.63) is 28.8 Å². The van der Waals surface area contributed by atoms with E-state index in [4.69, 9.17) is 26.7 Å². The molecule has 0 saturated heterocycles. The van der Waals surface area contributed by atoms with Gasteiger partial charge in [0.25, 0.3) is 9.05 Å². The molecule has 0 aliphatic heterocycles. The summed E-state index contributed by atoms with van der Waals surface area (Å²) in [6, 6.07) is 5.04. The number of furan rings is 1. The van der Waals surface area contributed by atoms with Crippen LogP contribution in [0.2, 0.25) is 5.02 Å². The molecule has 0 atom stereocenters. The SMILES string of the molecule is CCc1c(S(=O)(=O)Cl)oc2cccc(Cl)c12. The van der Waals surface area contributed by atoms with E-state index in [0.717, 1.165) is 0 Å². The molecule has 0 aliphatic rings. The quantitative estimate of drug-likeness (QED) is 0.789. The van der Waals surface area contributed by atoms with Crippen molar-refractivity contribution in [3.63, 3.8) is 0 Å². The Morgan fingerprint density at radius 3 is 2.62 bits per heavy atom. The van der Waals surface area contributed by atoms with Gasteiger partial charge in [0.2, 0.25) is 5.09 Å². The van der Waals surface area contributed by atoms with Crippen LogP contribution in [0.3, 0.4) is 0 Å². The second-order valence-electron chi connectivity index (χ2n) is 3.27. The number of hydrogen-bond acceptors (Lipinski definition) is 3. The zero-order valence-corrected chi connectivity index (χ0v) is 10.7. The van der Waals surface area contributed by atoms with Gasteiger partial charge in [-0.2, -0.15) is 0 Å². The molecule has 0 spiro atoms. The summed E-state index contributed by atoms with van der Waals surface area (Å²) < 4.78 is 27.9. The highest BCUT2D eigenvalue weighted by atomic mass is 35.7. The Morgan fingerprint density at radius 2 is 2.06 bits per heavy atom. The first kappa shape index (κ1) is 11.8. The molecule has 0 amide bonds. The van der Waals surface area contributed by atoms with Crippen LogP contribution in [0.25, 0.3) is 11.0 Å². The maximum Gasteiger partial charge on any atom is 0.294 e. The van der Waals surface area contributed by atoms with E-state index < -0.39 is 9.05 Å². The highest BCUT2D eigenvalue weighted by molar-refractivity contribution is 8.13. The van der Waals surface area contributed by atoms with Gasteiger partial charge >= 0.3 is 0 Å². The summed E-state index contributed by atoms with van der Waals surface area (Å²) in [7, 11) is 1.42. The van der Waals surface area contributed by atoms with Gasteiger partial charge < -0.3 is 4.42 Å². The molecule has 2 aromatic rings. The van der Waals surface area contributed by atoms with Gasteiger partial charge in [0.15, 0.2) is 0 Å². The summed E-state index contributed by atoms with van der Waals surface area (Å²) in [6.07, 6.45) is 0.484. The number of hydrogen-bond donors (Lipinski definition) is 0. The Morgan fingerprint density at radius 1 is 1.38 bits per heavy atom. The van der Waals surface area contributed by atoms with Crippen molar-refractivity contribution in [3.8, 4) is 0 Å². The van der Waals surface area contributed by atoms with E-state index in [1.165, 1.54) is 0 Å². The molecular weight excluding hydrogens is 271 g/mol. The minimum Gasteiger partial charge on any atom is -0.443 e. The monoisotopic (exact) mass is 278 g/mol. The van der Waals surface area contributed by atoms with Crippen LogP contribution >= 0.6 is 22.3 Å². The van der Waals surface area contributed by atoms with Crippen molar-refractivity contribution >= 4 is 42.3 Å². The summed E-state index contributed by atoms with van der Waals surface area (Å²) in [5.41, 5.74) is 0.958. The maximum atomic E-state index is 11.3. The zero-order chi connectivity index (χ0) is 11.9. The maximum absolute atomic E-state index is 11.3. The van der Waals surface area contributed by atoms with Gasteiger partial charge in [-0.05, 0) is 18.6 Å². The fourth-order valence-electron chi connectivity index (χ4n) is 1.66. The summed E-state index contributed by atoms with van der Waals surface area (Å²) in [6.45, 7) is 1.82. The van der Waals surface area contributed by atoms with E-state index >= 15 is 0 Å². The van der Waals surface area contributed by atoms with E-state index in [-0.39, 0.29) is 5.09 Å². The average Bonchev–Trinajstić information content (AvgIpc) is 2.57. The first-order valence-electron chi connectivity index (χ1n) is 4.59. The van der Waals surface area contributed by atoms with E-state index in [0.29, 0.717) is 28.0 Å². The van der Waals surface area contributed by atoms with Gasteiger partial charge in [-0.1, -0.05) is 24.6 Å².